The topological polar surface area (TPSA) is 92.5 Å². The lowest BCUT2D eigenvalue weighted by Crippen LogP contribution is -2.04. The molecule has 0 aliphatic heterocycles. The molecule has 0 saturated carbocycles. The lowest BCUT2D eigenvalue weighted by molar-refractivity contribution is -0.385. The SMILES string of the molecule is O=C(O)c1cc(Nc2ccccc2F)ccc1[N+](=O)[O-]. The second kappa shape index (κ2) is 5.35. The third kappa shape index (κ3) is 2.72. The van der Waals surface area contributed by atoms with Crippen molar-refractivity contribution in [1.82, 2.24) is 0 Å². The summed E-state index contributed by atoms with van der Waals surface area (Å²) in [5.74, 6) is -1.93. The maximum atomic E-state index is 13.5. The molecule has 0 aliphatic carbocycles. The number of nitrogens with zero attached hydrogens (tertiary/aromatic N) is 1. The lowest BCUT2D eigenvalue weighted by Gasteiger charge is -2.08. The molecule has 2 aromatic rings. The summed E-state index contributed by atoms with van der Waals surface area (Å²) in [7, 11) is 0. The Kier molecular flexibility index (Phi) is 3.60. The number of para-hydroxylation sites is 1. The molecule has 0 aliphatic rings. The van der Waals surface area contributed by atoms with Crippen LogP contribution in [0.4, 0.5) is 21.5 Å². The summed E-state index contributed by atoms with van der Waals surface area (Å²) < 4.78 is 13.5. The molecule has 0 unspecified atom stereocenters. The van der Waals surface area contributed by atoms with Gasteiger partial charge in [0.2, 0.25) is 0 Å². The molecule has 0 saturated heterocycles. The number of anilines is 2. The molecule has 2 aromatic carbocycles. The number of nitrogens with one attached hydrogen (secondary N) is 1. The molecule has 0 amide bonds. The first-order valence-electron chi connectivity index (χ1n) is 5.52. The minimum absolute atomic E-state index is 0.151. The molecule has 0 fully saturated rings. The Morgan fingerprint density at radius 2 is 1.95 bits per heavy atom. The second-order valence-corrected chi connectivity index (χ2v) is 3.90. The second-order valence-electron chi connectivity index (χ2n) is 3.90. The molecule has 7 heteroatoms. The van der Waals surface area contributed by atoms with Crippen LogP contribution in [-0.2, 0) is 0 Å². The van der Waals surface area contributed by atoms with Crippen LogP contribution >= 0.6 is 0 Å². The fourth-order valence-electron chi connectivity index (χ4n) is 1.66. The molecular formula is C13H9FN2O4. The van der Waals surface area contributed by atoms with E-state index in [1.165, 1.54) is 24.3 Å². The molecule has 0 spiro atoms. The number of hydrogen-bond donors (Lipinski definition) is 2. The predicted molar refractivity (Wildman–Crippen MR) is 69.7 cm³/mol. The van der Waals surface area contributed by atoms with E-state index >= 15 is 0 Å². The van der Waals surface area contributed by atoms with Gasteiger partial charge in [-0.3, -0.25) is 10.1 Å². The number of carbonyl (C=O) groups is 1. The van der Waals surface area contributed by atoms with Crippen molar-refractivity contribution < 1.29 is 19.2 Å². The smallest absolute Gasteiger partial charge is 0.342 e. The standard InChI is InChI=1S/C13H9FN2O4/c14-10-3-1-2-4-11(10)15-8-5-6-12(16(19)20)9(7-8)13(17)18/h1-7,15H,(H,17,18). The van der Waals surface area contributed by atoms with Gasteiger partial charge in [-0.25, -0.2) is 9.18 Å². The van der Waals surface area contributed by atoms with Gasteiger partial charge >= 0.3 is 5.97 Å². The lowest BCUT2D eigenvalue weighted by atomic mass is 10.1. The molecular weight excluding hydrogens is 267 g/mol. The zero-order chi connectivity index (χ0) is 14.7. The fraction of sp³-hybridized carbons (Fsp3) is 0. The quantitative estimate of drug-likeness (QED) is 0.660. The highest BCUT2D eigenvalue weighted by Crippen LogP contribution is 2.26. The fourth-order valence-corrected chi connectivity index (χ4v) is 1.66. The van der Waals surface area contributed by atoms with Crippen molar-refractivity contribution in [3.63, 3.8) is 0 Å². The number of aromatic carboxylic acids is 1. The summed E-state index contributed by atoms with van der Waals surface area (Å²) in [6.45, 7) is 0. The molecule has 0 aromatic heterocycles. The Balaban J connectivity index is 2.40. The largest absolute Gasteiger partial charge is 0.477 e. The molecule has 0 bridgehead atoms. The maximum absolute atomic E-state index is 13.5. The van der Waals surface area contributed by atoms with Gasteiger partial charge in [0.05, 0.1) is 10.6 Å². The third-order valence-corrected chi connectivity index (χ3v) is 2.58. The van der Waals surface area contributed by atoms with Crippen molar-refractivity contribution in [2.45, 2.75) is 0 Å². The Labute approximate surface area is 112 Å². The Morgan fingerprint density at radius 3 is 2.55 bits per heavy atom. The highest BCUT2D eigenvalue weighted by atomic mass is 19.1. The van der Waals surface area contributed by atoms with Gasteiger partial charge in [0, 0.05) is 11.8 Å². The average molecular weight is 276 g/mol. The molecule has 0 heterocycles. The van der Waals surface area contributed by atoms with Crippen molar-refractivity contribution in [2.24, 2.45) is 0 Å². The summed E-state index contributed by atoms with van der Waals surface area (Å²) in [5, 5.41) is 22.3. The molecule has 2 N–H and O–H groups in total. The first kappa shape index (κ1) is 13.5. The van der Waals surface area contributed by atoms with Crippen molar-refractivity contribution in [3.05, 3.63) is 64.0 Å². The minimum atomic E-state index is -1.42. The van der Waals surface area contributed by atoms with Crippen LogP contribution < -0.4 is 5.32 Å². The molecule has 102 valence electrons. The summed E-state index contributed by atoms with van der Waals surface area (Å²) in [4.78, 5) is 20.9. The van der Waals surface area contributed by atoms with Gasteiger partial charge in [-0.1, -0.05) is 12.1 Å². The normalized spacial score (nSPS) is 10.1. The van der Waals surface area contributed by atoms with E-state index in [1.54, 1.807) is 6.07 Å². The van der Waals surface area contributed by atoms with E-state index in [-0.39, 0.29) is 11.4 Å². The number of benzene rings is 2. The molecule has 0 radical (unpaired) electrons. The van der Waals surface area contributed by atoms with Crippen LogP contribution in [0.3, 0.4) is 0 Å². The number of carboxylic acid groups (broad SMARTS) is 1. The maximum Gasteiger partial charge on any atom is 0.342 e. The molecule has 2 rings (SSSR count). The van der Waals surface area contributed by atoms with Crippen LogP contribution in [0.15, 0.2) is 42.5 Å². The summed E-state index contributed by atoms with van der Waals surface area (Å²) in [5.41, 5.74) is -0.580. The average Bonchev–Trinajstić information content (AvgIpc) is 2.41. The van der Waals surface area contributed by atoms with Crippen LogP contribution in [0.1, 0.15) is 10.4 Å². The highest BCUT2D eigenvalue weighted by molar-refractivity contribution is 5.93. The van der Waals surface area contributed by atoms with Gasteiger partial charge in [-0.2, -0.15) is 0 Å². The van der Waals surface area contributed by atoms with E-state index in [0.717, 1.165) is 12.1 Å². The zero-order valence-corrected chi connectivity index (χ0v) is 10.0. The van der Waals surface area contributed by atoms with Crippen molar-refractivity contribution in [3.8, 4) is 0 Å². The number of hydrogen-bond acceptors (Lipinski definition) is 4. The van der Waals surface area contributed by atoms with E-state index in [2.05, 4.69) is 5.32 Å². The Bertz CT molecular complexity index is 688. The first-order chi connectivity index (χ1) is 9.49. The molecule has 0 atom stereocenters. The molecule has 20 heavy (non-hydrogen) atoms. The highest BCUT2D eigenvalue weighted by Gasteiger charge is 2.20. The van der Waals surface area contributed by atoms with Crippen LogP contribution in [-0.4, -0.2) is 16.0 Å². The van der Waals surface area contributed by atoms with Gasteiger partial charge in [-0.05, 0) is 24.3 Å². The number of halogens is 1. The third-order valence-electron chi connectivity index (χ3n) is 2.58. The van der Waals surface area contributed by atoms with E-state index in [9.17, 15) is 19.3 Å². The van der Waals surface area contributed by atoms with E-state index in [4.69, 9.17) is 5.11 Å². The van der Waals surface area contributed by atoms with Gasteiger partial charge < -0.3 is 10.4 Å². The van der Waals surface area contributed by atoms with Crippen molar-refractivity contribution in [2.75, 3.05) is 5.32 Å². The number of nitro groups is 1. The van der Waals surface area contributed by atoms with Crippen LogP contribution in [0.5, 0.6) is 0 Å². The number of nitro benzene ring substituents is 1. The summed E-state index contributed by atoms with van der Waals surface area (Å²) in [6.07, 6.45) is 0. The van der Waals surface area contributed by atoms with Crippen LogP contribution in [0, 0.1) is 15.9 Å². The first-order valence-corrected chi connectivity index (χ1v) is 5.52. The van der Waals surface area contributed by atoms with Gasteiger partial charge in [0.15, 0.2) is 0 Å². The van der Waals surface area contributed by atoms with Gasteiger partial charge in [0.25, 0.3) is 5.69 Å². The zero-order valence-electron chi connectivity index (χ0n) is 10.0. The van der Waals surface area contributed by atoms with Gasteiger partial charge in [0.1, 0.15) is 11.4 Å². The Morgan fingerprint density at radius 1 is 1.25 bits per heavy atom. The number of rotatable bonds is 4. The summed E-state index contributed by atoms with van der Waals surface area (Å²) in [6, 6.07) is 9.30. The summed E-state index contributed by atoms with van der Waals surface area (Å²) >= 11 is 0. The van der Waals surface area contributed by atoms with Crippen LogP contribution in [0.2, 0.25) is 0 Å². The van der Waals surface area contributed by atoms with Crippen molar-refractivity contribution in [1.29, 1.82) is 0 Å². The minimum Gasteiger partial charge on any atom is -0.477 e. The van der Waals surface area contributed by atoms with E-state index in [1.807, 2.05) is 0 Å². The number of carboxylic acids is 1. The van der Waals surface area contributed by atoms with E-state index < -0.39 is 28.0 Å². The Hall–Kier alpha value is -2.96. The van der Waals surface area contributed by atoms with Crippen LogP contribution in [0.25, 0.3) is 0 Å². The molecule has 6 nitrogen and oxygen atoms in total. The van der Waals surface area contributed by atoms with Gasteiger partial charge in [-0.15, -0.1) is 0 Å². The predicted octanol–water partition coefficient (Wildman–Crippen LogP) is 3.18. The van der Waals surface area contributed by atoms with Crippen molar-refractivity contribution >= 4 is 23.0 Å². The van der Waals surface area contributed by atoms with E-state index in [0.29, 0.717) is 0 Å². The monoisotopic (exact) mass is 276 g/mol.